The third-order valence-electron chi connectivity index (χ3n) is 1.24. The molecule has 0 atom stereocenters. The lowest BCUT2D eigenvalue weighted by molar-refractivity contribution is -0.118. The lowest BCUT2D eigenvalue weighted by Crippen LogP contribution is -2.22. The largest absolute Gasteiger partial charge is 0.307 e. The number of ketones is 1. The summed E-state index contributed by atoms with van der Waals surface area (Å²) in [6.45, 7) is 8.21. The van der Waals surface area contributed by atoms with E-state index in [1.54, 1.807) is 12.2 Å². The van der Waals surface area contributed by atoms with Gasteiger partial charge in [-0.2, -0.15) is 0 Å². The number of Topliss-reactive ketones (excluding diaryl/α,β-unsaturated/α-hetero) is 1. The van der Waals surface area contributed by atoms with Crippen LogP contribution in [-0.4, -0.2) is 18.9 Å². The van der Waals surface area contributed by atoms with Gasteiger partial charge in [0.15, 0.2) is 0 Å². The predicted molar refractivity (Wildman–Crippen MR) is 47.5 cm³/mol. The number of hydrogen-bond acceptors (Lipinski definition) is 2. The third-order valence-corrected chi connectivity index (χ3v) is 1.24. The normalized spacial score (nSPS) is 9.09. The number of rotatable bonds is 7. The number of hydrogen-bond donors (Lipinski definition) is 1. The van der Waals surface area contributed by atoms with Crippen molar-refractivity contribution in [3.8, 4) is 0 Å². The quantitative estimate of drug-likeness (QED) is 0.441. The molecular weight excluding hydrogens is 138 g/mol. The Morgan fingerprint density at radius 3 is 2.64 bits per heavy atom. The maximum atomic E-state index is 10.9. The lowest BCUT2D eigenvalue weighted by Gasteiger charge is -1.98. The molecule has 0 amide bonds. The van der Waals surface area contributed by atoms with E-state index in [1.165, 1.54) is 0 Å². The van der Waals surface area contributed by atoms with Gasteiger partial charge in [0.05, 0.1) is 6.54 Å². The molecule has 0 aromatic rings. The monoisotopic (exact) mass is 153 g/mol. The molecule has 0 saturated carbocycles. The predicted octanol–water partition coefficient (Wildman–Crippen LogP) is 1.30. The van der Waals surface area contributed by atoms with E-state index in [4.69, 9.17) is 0 Å². The van der Waals surface area contributed by atoms with Crippen LogP contribution in [0.1, 0.15) is 12.8 Å². The first-order valence-corrected chi connectivity index (χ1v) is 3.75. The molecule has 0 bridgehead atoms. The van der Waals surface area contributed by atoms with Gasteiger partial charge in [0, 0.05) is 13.0 Å². The number of carbonyl (C=O) groups is 1. The second kappa shape index (κ2) is 7.22. The van der Waals surface area contributed by atoms with E-state index in [9.17, 15) is 4.79 Å². The first kappa shape index (κ1) is 10.1. The van der Waals surface area contributed by atoms with Crippen molar-refractivity contribution >= 4 is 5.78 Å². The Morgan fingerprint density at radius 1 is 1.36 bits per heavy atom. The summed E-state index contributed by atoms with van der Waals surface area (Å²) >= 11 is 0. The van der Waals surface area contributed by atoms with Crippen molar-refractivity contribution in [3.05, 3.63) is 25.3 Å². The second-order valence-electron chi connectivity index (χ2n) is 2.29. The average Bonchev–Trinajstić information content (AvgIpc) is 2.01. The molecule has 0 aliphatic rings. The topological polar surface area (TPSA) is 29.1 Å². The molecule has 2 heteroatoms. The molecule has 11 heavy (non-hydrogen) atoms. The first-order valence-electron chi connectivity index (χ1n) is 3.75. The van der Waals surface area contributed by atoms with Crippen LogP contribution in [0.15, 0.2) is 25.3 Å². The fourth-order valence-corrected chi connectivity index (χ4v) is 0.665. The Balaban J connectivity index is 3.21. The van der Waals surface area contributed by atoms with Gasteiger partial charge in [0.1, 0.15) is 5.78 Å². The van der Waals surface area contributed by atoms with Gasteiger partial charge in [-0.05, 0) is 6.42 Å². The highest BCUT2D eigenvalue weighted by molar-refractivity contribution is 5.80. The molecule has 0 unspecified atom stereocenters. The molecule has 0 aromatic carbocycles. The van der Waals surface area contributed by atoms with E-state index in [2.05, 4.69) is 18.5 Å². The molecule has 2 nitrogen and oxygen atoms in total. The van der Waals surface area contributed by atoms with Gasteiger partial charge in [0.25, 0.3) is 0 Å². The van der Waals surface area contributed by atoms with Gasteiger partial charge in [-0.25, -0.2) is 0 Å². The Labute approximate surface area is 68.0 Å². The summed E-state index contributed by atoms with van der Waals surface area (Å²) in [7, 11) is 0. The van der Waals surface area contributed by atoms with Crippen molar-refractivity contribution in [2.75, 3.05) is 13.1 Å². The molecule has 0 fully saturated rings. The average molecular weight is 153 g/mol. The maximum absolute atomic E-state index is 10.9. The van der Waals surface area contributed by atoms with Crippen LogP contribution >= 0.6 is 0 Å². The van der Waals surface area contributed by atoms with E-state index in [1.807, 2.05) is 0 Å². The summed E-state index contributed by atoms with van der Waals surface area (Å²) in [5.74, 6) is 0.228. The molecule has 0 rings (SSSR count). The van der Waals surface area contributed by atoms with Crippen molar-refractivity contribution in [3.63, 3.8) is 0 Å². The van der Waals surface area contributed by atoms with Crippen molar-refractivity contribution in [1.29, 1.82) is 0 Å². The standard InChI is InChI=1S/C9H15NO/c1-3-5-6-9(11)8-10-7-4-2/h3-4,10H,1-2,5-8H2. The van der Waals surface area contributed by atoms with E-state index >= 15 is 0 Å². The molecule has 0 spiro atoms. The Bertz CT molecular complexity index is 140. The van der Waals surface area contributed by atoms with Crippen molar-refractivity contribution in [1.82, 2.24) is 5.32 Å². The summed E-state index contributed by atoms with van der Waals surface area (Å²) < 4.78 is 0. The minimum absolute atomic E-state index is 0.228. The van der Waals surface area contributed by atoms with Crippen LogP contribution in [0.25, 0.3) is 0 Å². The summed E-state index contributed by atoms with van der Waals surface area (Å²) in [6.07, 6.45) is 4.86. The van der Waals surface area contributed by atoms with Gasteiger partial charge in [-0.3, -0.25) is 4.79 Å². The van der Waals surface area contributed by atoms with Gasteiger partial charge in [0.2, 0.25) is 0 Å². The van der Waals surface area contributed by atoms with Crippen molar-refractivity contribution < 1.29 is 4.79 Å². The van der Waals surface area contributed by atoms with E-state index in [-0.39, 0.29) is 5.78 Å². The molecule has 0 aliphatic heterocycles. The molecule has 0 heterocycles. The van der Waals surface area contributed by atoms with Gasteiger partial charge >= 0.3 is 0 Å². The lowest BCUT2D eigenvalue weighted by atomic mass is 10.2. The fraction of sp³-hybridized carbons (Fsp3) is 0.444. The zero-order valence-electron chi connectivity index (χ0n) is 6.81. The van der Waals surface area contributed by atoms with Crippen LogP contribution in [-0.2, 0) is 4.79 Å². The zero-order chi connectivity index (χ0) is 8.53. The summed E-state index contributed by atoms with van der Waals surface area (Å²) in [5.41, 5.74) is 0. The number of carbonyl (C=O) groups excluding carboxylic acids is 1. The van der Waals surface area contributed by atoms with Crippen LogP contribution in [0.4, 0.5) is 0 Å². The molecular formula is C9H15NO. The highest BCUT2D eigenvalue weighted by Gasteiger charge is 1.97. The fourth-order valence-electron chi connectivity index (χ4n) is 0.665. The van der Waals surface area contributed by atoms with E-state index in [0.717, 1.165) is 6.42 Å². The van der Waals surface area contributed by atoms with Crippen LogP contribution in [0.2, 0.25) is 0 Å². The highest BCUT2D eigenvalue weighted by Crippen LogP contribution is 1.89. The van der Waals surface area contributed by atoms with Crippen LogP contribution < -0.4 is 5.32 Å². The summed E-state index contributed by atoms with van der Waals surface area (Å²) in [5, 5.41) is 2.94. The summed E-state index contributed by atoms with van der Waals surface area (Å²) in [4.78, 5) is 10.9. The van der Waals surface area contributed by atoms with Crippen molar-refractivity contribution in [2.24, 2.45) is 0 Å². The SMILES string of the molecule is C=CCCC(=O)CNCC=C. The van der Waals surface area contributed by atoms with Gasteiger partial charge in [-0.1, -0.05) is 12.2 Å². The molecule has 0 saturated heterocycles. The van der Waals surface area contributed by atoms with Crippen LogP contribution in [0.5, 0.6) is 0 Å². The smallest absolute Gasteiger partial charge is 0.146 e. The molecule has 1 N–H and O–H groups in total. The van der Waals surface area contributed by atoms with E-state index in [0.29, 0.717) is 19.5 Å². The zero-order valence-corrected chi connectivity index (χ0v) is 6.81. The number of allylic oxidation sites excluding steroid dienone is 1. The maximum Gasteiger partial charge on any atom is 0.146 e. The Morgan fingerprint density at radius 2 is 2.09 bits per heavy atom. The van der Waals surface area contributed by atoms with E-state index < -0.39 is 0 Å². The van der Waals surface area contributed by atoms with Gasteiger partial charge < -0.3 is 5.32 Å². The van der Waals surface area contributed by atoms with Gasteiger partial charge in [-0.15, -0.1) is 13.2 Å². The first-order chi connectivity index (χ1) is 5.31. The molecule has 0 aromatic heterocycles. The number of nitrogens with one attached hydrogen (secondary N) is 1. The minimum atomic E-state index is 0.228. The highest BCUT2D eigenvalue weighted by atomic mass is 16.1. The third kappa shape index (κ3) is 7.00. The molecule has 0 radical (unpaired) electrons. The van der Waals surface area contributed by atoms with Crippen LogP contribution in [0, 0.1) is 0 Å². The molecule has 0 aliphatic carbocycles. The Hall–Kier alpha value is -0.890. The minimum Gasteiger partial charge on any atom is -0.307 e. The second-order valence-corrected chi connectivity index (χ2v) is 2.29. The Kier molecular flexibility index (Phi) is 6.64. The summed E-state index contributed by atoms with van der Waals surface area (Å²) in [6, 6.07) is 0. The molecule has 62 valence electrons. The van der Waals surface area contributed by atoms with Crippen LogP contribution in [0.3, 0.4) is 0 Å². The van der Waals surface area contributed by atoms with Crippen molar-refractivity contribution in [2.45, 2.75) is 12.8 Å².